The maximum absolute atomic E-state index is 12.0. The van der Waals surface area contributed by atoms with Crippen molar-refractivity contribution in [1.29, 1.82) is 0 Å². The van der Waals surface area contributed by atoms with Crippen LogP contribution < -0.4 is 14.9 Å². The number of aryl methyl sites for hydroxylation is 1. The molecular formula is C22H20N4O4. The number of H-pyrrole nitrogens is 1. The first-order chi connectivity index (χ1) is 14.5. The maximum Gasteiger partial charge on any atom is 0.336 e. The molecule has 152 valence electrons. The number of carbonyl (C=O) groups is 2. The molecule has 0 saturated heterocycles. The topological polar surface area (TPSA) is 106 Å². The number of methoxy groups -OCH3 is 1. The second-order valence-electron chi connectivity index (χ2n) is 6.23. The minimum absolute atomic E-state index is 0.259. The zero-order chi connectivity index (χ0) is 21.3. The Bertz CT molecular complexity index is 1070. The number of ether oxygens (including phenoxy) is 2. The predicted octanol–water partition coefficient (Wildman–Crippen LogP) is 3.11. The van der Waals surface area contributed by atoms with Gasteiger partial charge in [-0.1, -0.05) is 12.1 Å². The van der Waals surface area contributed by atoms with Crippen LogP contribution in [0.25, 0.3) is 6.08 Å². The van der Waals surface area contributed by atoms with Crippen LogP contribution in [0.2, 0.25) is 0 Å². The monoisotopic (exact) mass is 404 g/mol. The van der Waals surface area contributed by atoms with Crippen molar-refractivity contribution in [3.05, 3.63) is 83.2 Å². The number of rotatable bonds is 7. The van der Waals surface area contributed by atoms with Gasteiger partial charge in [-0.3, -0.25) is 9.89 Å². The number of carbonyl (C=O) groups excluding carboxylic acids is 2. The van der Waals surface area contributed by atoms with Gasteiger partial charge < -0.3 is 9.47 Å². The van der Waals surface area contributed by atoms with Crippen LogP contribution in [0.3, 0.4) is 0 Å². The smallest absolute Gasteiger partial charge is 0.336 e. The number of amides is 1. The Labute approximate surface area is 173 Å². The molecule has 0 unspecified atom stereocenters. The standard InChI is InChI=1S/C22H20N4O4/c1-15-13-20(25-24-15)22(28)26-23-14-17-5-10-19(11-6-17)30-21(27)12-7-16-3-8-18(29-2)9-4-16/h3-14H,1-2H3,(H,24,25)(H,26,28). The maximum atomic E-state index is 12.0. The number of benzene rings is 2. The van der Waals surface area contributed by atoms with E-state index in [1.807, 2.05) is 24.3 Å². The Kier molecular flexibility index (Phi) is 6.73. The normalized spacial score (nSPS) is 11.0. The van der Waals surface area contributed by atoms with Gasteiger partial charge in [-0.15, -0.1) is 0 Å². The van der Waals surface area contributed by atoms with Crippen LogP contribution >= 0.6 is 0 Å². The molecule has 3 rings (SSSR count). The van der Waals surface area contributed by atoms with Gasteiger partial charge in [-0.2, -0.15) is 10.2 Å². The van der Waals surface area contributed by atoms with E-state index in [1.165, 1.54) is 12.3 Å². The first kappa shape index (κ1) is 20.5. The van der Waals surface area contributed by atoms with Crippen molar-refractivity contribution in [1.82, 2.24) is 15.6 Å². The molecule has 30 heavy (non-hydrogen) atoms. The third-order valence-electron chi connectivity index (χ3n) is 3.94. The van der Waals surface area contributed by atoms with Crippen molar-refractivity contribution < 1.29 is 19.1 Å². The molecule has 0 radical (unpaired) electrons. The Hall–Kier alpha value is -4.20. The Morgan fingerprint density at radius 1 is 1.03 bits per heavy atom. The largest absolute Gasteiger partial charge is 0.497 e. The van der Waals surface area contributed by atoms with E-state index in [4.69, 9.17) is 9.47 Å². The molecule has 0 aliphatic rings. The third-order valence-corrected chi connectivity index (χ3v) is 3.94. The van der Waals surface area contributed by atoms with Gasteiger partial charge in [0.1, 0.15) is 11.5 Å². The number of hydrogen-bond donors (Lipinski definition) is 2. The van der Waals surface area contributed by atoms with E-state index in [0.29, 0.717) is 5.75 Å². The number of aromatic amines is 1. The quantitative estimate of drug-likeness (QED) is 0.207. The molecular weight excluding hydrogens is 384 g/mol. The van der Waals surface area contributed by atoms with E-state index in [9.17, 15) is 9.59 Å². The second-order valence-corrected chi connectivity index (χ2v) is 6.23. The SMILES string of the molecule is COc1ccc(C=CC(=O)Oc2ccc(C=NNC(=O)c3cc(C)[nH]n3)cc2)cc1. The number of hydrogen-bond acceptors (Lipinski definition) is 6. The molecule has 0 saturated carbocycles. The lowest BCUT2D eigenvalue weighted by molar-refractivity contribution is -0.128. The molecule has 0 spiro atoms. The summed E-state index contributed by atoms with van der Waals surface area (Å²) in [5.41, 5.74) is 5.01. The van der Waals surface area contributed by atoms with Crippen LogP contribution in [0.4, 0.5) is 0 Å². The average Bonchev–Trinajstić information content (AvgIpc) is 3.20. The minimum Gasteiger partial charge on any atom is -0.497 e. The van der Waals surface area contributed by atoms with Crippen LogP contribution in [0.15, 0.2) is 65.8 Å². The van der Waals surface area contributed by atoms with Gasteiger partial charge in [-0.25, -0.2) is 10.2 Å². The van der Waals surface area contributed by atoms with E-state index < -0.39 is 11.9 Å². The van der Waals surface area contributed by atoms with Gasteiger partial charge in [0.25, 0.3) is 5.91 Å². The summed E-state index contributed by atoms with van der Waals surface area (Å²) in [5, 5.41) is 10.4. The summed E-state index contributed by atoms with van der Waals surface area (Å²) in [4.78, 5) is 23.8. The molecule has 8 heteroatoms. The van der Waals surface area contributed by atoms with Gasteiger partial charge in [-0.05, 0) is 66.6 Å². The average molecular weight is 404 g/mol. The summed E-state index contributed by atoms with van der Waals surface area (Å²) in [6.07, 6.45) is 4.49. The highest BCUT2D eigenvalue weighted by Crippen LogP contribution is 2.14. The van der Waals surface area contributed by atoms with Gasteiger partial charge >= 0.3 is 5.97 Å². The molecule has 2 N–H and O–H groups in total. The van der Waals surface area contributed by atoms with Gasteiger partial charge in [0.05, 0.1) is 13.3 Å². The Balaban J connectivity index is 1.50. The van der Waals surface area contributed by atoms with E-state index in [0.717, 1.165) is 22.6 Å². The highest BCUT2D eigenvalue weighted by molar-refractivity contribution is 5.93. The molecule has 0 bridgehead atoms. The molecule has 1 heterocycles. The number of nitrogens with one attached hydrogen (secondary N) is 2. The lowest BCUT2D eigenvalue weighted by atomic mass is 10.2. The first-order valence-corrected chi connectivity index (χ1v) is 9.03. The fourth-order valence-electron chi connectivity index (χ4n) is 2.41. The molecule has 3 aromatic rings. The number of nitrogens with zero attached hydrogens (tertiary/aromatic N) is 2. The number of hydrazone groups is 1. The Morgan fingerprint density at radius 2 is 1.70 bits per heavy atom. The zero-order valence-corrected chi connectivity index (χ0v) is 16.5. The lowest BCUT2D eigenvalue weighted by Crippen LogP contribution is -2.18. The molecule has 0 atom stereocenters. The zero-order valence-electron chi connectivity index (χ0n) is 16.5. The number of aromatic nitrogens is 2. The molecule has 8 nitrogen and oxygen atoms in total. The highest BCUT2D eigenvalue weighted by atomic mass is 16.5. The third kappa shape index (κ3) is 5.90. The second kappa shape index (κ2) is 9.83. The van der Waals surface area contributed by atoms with Crippen molar-refractivity contribution in [2.75, 3.05) is 7.11 Å². The van der Waals surface area contributed by atoms with Crippen molar-refractivity contribution >= 4 is 24.2 Å². The highest BCUT2D eigenvalue weighted by Gasteiger charge is 2.07. The van der Waals surface area contributed by atoms with Crippen LogP contribution in [0.5, 0.6) is 11.5 Å². The lowest BCUT2D eigenvalue weighted by Gasteiger charge is -2.02. The van der Waals surface area contributed by atoms with E-state index >= 15 is 0 Å². The van der Waals surface area contributed by atoms with Crippen LogP contribution in [-0.4, -0.2) is 35.4 Å². The first-order valence-electron chi connectivity index (χ1n) is 9.03. The summed E-state index contributed by atoms with van der Waals surface area (Å²) in [5.74, 6) is 0.236. The van der Waals surface area contributed by atoms with Gasteiger partial charge in [0.2, 0.25) is 0 Å². The van der Waals surface area contributed by atoms with Crippen molar-refractivity contribution in [2.45, 2.75) is 6.92 Å². The van der Waals surface area contributed by atoms with Gasteiger partial charge in [0, 0.05) is 11.8 Å². The van der Waals surface area contributed by atoms with E-state index in [-0.39, 0.29) is 5.69 Å². The summed E-state index contributed by atoms with van der Waals surface area (Å²) in [6, 6.07) is 15.6. The minimum atomic E-state index is -0.492. The van der Waals surface area contributed by atoms with Crippen molar-refractivity contribution in [3.63, 3.8) is 0 Å². The molecule has 1 amide bonds. The van der Waals surface area contributed by atoms with Gasteiger partial charge in [0.15, 0.2) is 5.69 Å². The van der Waals surface area contributed by atoms with E-state index in [2.05, 4.69) is 20.7 Å². The van der Waals surface area contributed by atoms with Crippen molar-refractivity contribution in [2.24, 2.45) is 5.10 Å². The number of esters is 1. The predicted molar refractivity (Wildman–Crippen MR) is 112 cm³/mol. The Morgan fingerprint density at radius 3 is 2.33 bits per heavy atom. The molecule has 0 fully saturated rings. The van der Waals surface area contributed by atoms with Crippen LogP contribution in [-0.2, 0) is 4.79 Å². The molecule has 0 aliphatic heterocycles. The fraction of sp³-hybridized carbons (Fsp3) is 0.0909. The summed E-state index contributed by atoms with van der Waals surface area (Å²) in [6.45, 7) is 1.80. The van der Waals surface area contributed by atoms with Crippen molar-refractivity contribution in [3.8, 4) is 11.5 Å². The van der Waals surface area contributed by atoms with Crippen LogP contribution in [0, 0.1) is 6.92 Å². The van der Waals surface area contributed by atoms with E-state index in [1.54, 1.807) is 50.4 Å². The summed E-state index contributed by atoms with van der Waals surface area (Å²) < 4.78 is 10.4. The molecule has 2 aromatic carbocycles. The summed E-state index contributed by atoms with van der Waals surface area (Å²) >= 11 is 0. The molecule has 0 aliphatic carbocycles. The van der Waals surface area contributed by atoms with Crippen LogP contribution in [0.1, 0.15) is 27.3 Å². The fourth-order valence-corrected chi connectivity index (χ4v) is 2.41. The molecule has 1 aromatic heterocycles. The summed E-state index contributed by atoms with van der Waals surface area (Å²) in [7, 11) is 1.59.